The molecule has 35 heavy (non-hydrogen) atoms. The minimum atomic E-state index is -0.176. The average molecular weight is 601 g/mol. The van der Waals surface area contributed by atoms with Crippen LogP contribution in [0.5, 0.6) is 0 Å². The fourth-order valence-electron chi connectivity index (χ4n) is 4.66. The Morgan fingerprint density at radius 2 is 0.771 bits per heavy atom. The summed E-state index contributed by atoms with van der Waals surface area (Å²) in [5.74, 6) is 0. The van der Waals surface area contributed by atoms with Crippen LogP contribution in [0.3, 0.4) is 0 Å². The van der Waals surface area contributed by atoms with Crippen LogP contribution in [0.15, 0.2) is 133 Å². The van der Waals surface area contributed by atoms with Gasteiger partial charge in [0, 0.05) is 0 Å². The summed E-state index contributed by atoms with van der Waals surface area (Å²) in [6.45, 7) is 0. The van der Waals surface area contributed by atoms with Crippen LogP contribution < -0.4 is 45.6 Å². The molecule has 2 heterocycles. The summed E-state index contributed by atoms with van der Waals surface area (Å²) in [5, 5.41) is 12.5. The van der Waals surface area contributed by atoms with Crippen LogP contribution in [-0.2, 0) is 20.5 Å². The first kappa shape index (κ1) is 26.1. The molecule has 0 saturated carbocycles. The SMILES string of the molecule is [Cl-].[Cl-].c1ccc2[cH-]ccc2c1.c1ccc2[cH-]ccc2c1.c1ccc2c(c1)[Si]1=[Zr]=[Si]2c2ccccc21. The molecule has 6 aromatic rings. The Morgan fingerprint density at radius 3 is 1.14 bits per heavy atom. The summed E-state index contributed by atoms with van der Waals surface area (Å²) in [5.41, 5.74) is -0.351. The monoisotopic (exact) mass is 598 g/mol. The second-order valence-corrected chi connectivity index (χ2v) is 25.8. The third-order valence-electron chi connectivity index (χ3n) is 6.28. The van der Waals surface area contributed by atoms with Gasteiger partial charge in [0.25, 0.3) is 0 Å². The van der Waals surface area contributed by atoms with E-state index in [-0.39, 0.29) is 56.1 Å². The zero-order chi connectivity index (χ0) is 22.0. The van der Waals surface area contributed by atoms with Crippen molar-refractivity contribution in [2.45, 2.75) is 0 Å². The van der Waals surface area contributed by atoms with Crippen molar-refractivity contribution in [3.63, 3.8) is 0 Å². The van der Waals surface area contributed by atoms with Crippen molar-refractivity contribution in [1.29, 1.82) is 0 Å². The van der Waals surface area contributed by atoms with Gasteiger partial charge in [-0.15, -0.1) is 59.3 Å². The third-order valence-corrected chi connectivity index (χ3v) is 31.7. The molecule has 6 aromatic carbocycles. The summed E-state index contributed by atoms with van der Waals surface area (Å²) < 4.78 is 0. The van der Waals surface area contributed by atoms with E-state index in [0.717, 1.165) is 0 Å². The average Bonchev–Trinajstić information content (AvgIpc) is 3.68. The van der Waals surface area contributed by atoms with E-state index in [0.29, 0.717) is 0 Å². The molecule has 0 nitrogen and oxygen atoms in total. The van der Waals surface area contributed by atoms with Crippen molar-refractivity contribution in [1.82, 2.24) is 0 Å². The summed E-state index contributed by atoms with van der Waals surface area (Å²) in [7, 11) is 0. The van der Waals surface area contributed by atoms with Gasteiger partial charge in [-0.25, -0.2) is 0 Å². The standard InChI is InChI=1S/C12H8Si2.2C9H7.2ClH.Zr/c1-2-6-10-9(5-1)13-11-7-3-4-8-12(11)14-10;2*1-2-5-9-7-3-6-8(9)4-1;;;/h1-8H;2*1-7H;2*1H;/q;2*-1;;;/p-2. The molecule has 172 valence electrons. The number of benzene rings is 4. The zero-order valence-electron chi connectivity index (χ0n) is 19.0. The second kappa shape index (κ2) is 11.8. The third kappa shape index (κ3) is 5.26. The summed E-state index contributed by atoms with van der Waals surface area (Å²) in [4.78, 5) is 0. The van der Waals surface area contributed by atoms with E-state index in [9.17, 15) is 0 Å². The topological polar surface area (TPSA) is 0 Å². The van der Waals surface area contributed by atoms with Crippen LogP contribution in [-0.4, -0.2) is 10.9 Å². The molecule has 8 rings (SSSR count). The Bertz CT molecular complexity index is 1440. The Balaban J connectivity index is 0.000000127. The van der Waals surface area contributed by atoms with Crippen LogP contribution in [0.1, 0.15) is 0 Å². The van der Waals surface area contributed by atoms with E-state index >= 15 is 0 Å². The van der Waals surface area contributed by atoms with Gasteiger partial charge in [0.1, 0.15) is 0 Å². The summed E-state index contributed by atoms with van der Waals surface area (Å²) in [6.07, 6.45) is 0. The van der Waals surface area contributed by atoms with Gasteiger partial charge < -0.3 is 24.8 Å². The fraction of sp³-hybridized carbons (Fsp3) is 0. The number of halogens is 2. The van der Waals surface area contributed by atoms with E-state index < -0.39 is 0 Å². The molecule has 0 N–H and O–H groups in total. The second-order valence-electron chi connectivity index (χ2n) is 8.28. The predicted molar refractivity (Wildman–Crippen MR) is 142 cm³/mol. The zero-order valence-corrected chi connectivity index (χ0v) is 24.9. The number of hydrogen-bond donors (Lipinski definition) is 0. The molecular weight excluding hydrogens is 579 g/mol. The maximum atomic E-state index is 2.41. The van der Waals surface area contributed by atoms with E-state index in [1.807, 2.05) is 0 Å². The predicted octanol–water partition coefficient (Wildman–Crippen LogP) is -1.57. The molecular formula is C30H22Cl2Si2Zr-4. The van der Waals surface area contributed by atoms with Crippen molar-refractivity contribution in [3.05, 3.63) is 133 Å². The summed E-state index contributed by atoms with van der Waals surface area (Å²) >= 11 is -0.0931. The molecule has 5 heteroatoms. The molecule has 2 bridgehead atoms. The Morgan fingerprint density at radius 1 is 0.429 bits per heavy atom. The van der Waals surface area contributed by atoms with E-state index in [1.165, 1.54) is 21.5 Å². The summed E-state index contributed by atoms with van der Waals surface area (Å²) in [6, 6.07) is 48.0. The van der Waals surface area contributed by atoms with Gasteiger partial charge in [-0.1, -0.05) is 12.1 Å². The normalized spacial score (nSPS) is 11.4. The quantitative estimate of drug-likeness (QED) is 0.146. The first-order valence-electron chi connectivity index (χ1n) is 11.3. The van der Waals surface area contributed by atoms with Crippen molar-refractivity contribution < 1.29 is 45.3 Å². The maximum absolute atomic E-state index is 2.41. The van der Waals surface area contributed by atoms with Crippen LogP contribution in [0.2, 0.25) is 0 Å². The van der Waals surface area contributed by atoms with Gasteiger partial charge in [-0.2, -0.15) is 35.0 Å². The molecule has 0 aliphatic carbocycles. The fourth-order valence-corrected chi connectivity index (χ4v) is 39.9. The Labute approximate surface area is 230 Å². The molecule has 0 atom stereocenters. The van der Waals surface area contributed by atoms with Crippen LogP contribution in [0.25, 0.3) is 21.5 Å². The van der Waals surface area contributed by atoms with Gasteiger partial charge in [0.15, 0.2) is 0 Å². The molecule has 0 saturated heterocycles. The molecule has 0 aromatic heterocycles. The molecule has 0 fully saturated rings. The Kier molecular flexibility index (Phi) is 8.81. The van der Waals surface area contributed by atoms with Crippen LogP contribution in [0, 0.1) is 0 Å². The first-order valence-corrected chi connectivity index (χ1v) is 21.7. The first-order chi connectivity index (χ1) is 16.4. The van der Waals surface area contributed by atoms with E-state index in [1.54, 1.807) is 20.7 Å². The van der Waals surface area contributed by atoms with Crippen LogP contribution >= 0.6 is 0 Å². The van der Waals surface area contributed by atoms with Crippen LogP contribution in [0.4, 0.5) is 0 Å². The van der Waals surface area contributed by atoms with Gasteiger partial charge in [-0.05, 0) is 0 Å². The van der Waals surface area contributed by atoms with Gasteiger partial charge in [0.2, 0.25) is 0 Å². The molecule has 0 unspecified atom stereocenters. The van der Waals surface area contributed by atoms with Crippen molar-refractivity contribution >= 4 is 53.2 Å². The van der Waals surface area contributed by atoms with E-state index in [4.69, 9.17) is 0 Å². The number of fused-ring (bicyclic) bond motifs is 8. The minimum absolute atomic E-state index is 0. The van der Waals surface area contributed by atoms with Crippen molar-refractivity contribution in [2.24, 2.45) is 0 Å². The number of rotatable bonds is 0. The number of hydrogen-bond acceptors (Lipinski definition) is 0. The van der Waals surface area contributed by atoms with E-state index in [2.05, 4.69) is 133 Å². The Hall–Kier alpha value is -2.00. The van der Waals surface area contributed by atoms with Crippen molar-refractivity contribution in [3.8, 4) is 0 Å². The molecule has 2 aliphatic rings. The molecule has 0 amide bonds. The molecule has 0 radical (unpaired) electrons. The van der Waals surface area contributed by atoms with Gasteiger partial charge in [0.05, 0.1) is 0 Å². The molecule has 0 spiro atoms. The van der Waals surface area contributed by atoms with Gasteiger partial charge in [-0.3, -0.25) is 0 Å². The van der Waals surface area contributed by atoms with Gasteiger partial charge >= 0.3 is 101 Å². The molecule has 2 aliphatic heterocycles. The van der Waals surface area contributed by atoms with Crippen molar-refractivity contribution in [2.75, 3.05) is 0 Å².